The molecule has 0 aliphatic rings. The first-order valence-corrected chi connectivity index (χ1v) is 11.1. The van der Waals surface area contributed by atoms with Crippen molar-refractivity contribution in [3.63, 3.8) is 0 Å². The van der Waals surface area contributed by atoms with Crippen molar-refractivity contribution in [2.24, 2.45) is 0 Å². The van der Waals surface area contributed by atoms with Gasteiger partial charge in [0.15, 0.2) is 0 Å². The predicted octanol–water partition coefficient (Wildman–Crippen LogP) is 4.04. The number of urea groups is 1. The van der Waals surface area contributed by atoms with Crippen molar-refractivity contribution in [3.05, 3.63) is 88.8 Å². The maximum Gasteiger partial charge on any atom is 0.314 e. The number of carbonyl (C=O) groups excluding carboxylic acids is 1. The number of thiophene rings is 1. The molecule has 0 aliphatic carbocycles. The topological polar surface area (TPSA) is 73.4 Å². The van der Waals surface area contributed by atoms with E-state index in [9.17, 15) is 9.90 Å². The number of benzene rings is 2. The van der Waals surface area contributed by atoms with Gasteiger partial charge in [-0.3, -0.25) is 0 Å². The summed E-state index contributed by atoms with van der Waals surface area (Å²) >= 11 is 1.68. The van der Waals surface area contributed by atoms with Gasteiger partial charge in [0.2, 0.25) is 0 Å². The third-order valence-electron chi connectivity index (χ3n) is 4.66. The Bertz CT molecular complexity index is 884. The van der Waals surface area contributed by atoms with Crippen molar-refractivity contribution in [2.75, 3.05) is 25.0 Å². The molecule has 5 nitrogen and oxygen atoms in total. The van der Waals surface area contributed by atoms with Gasteiger partial charge in [0.25, 0.3) is 0 Å². The van der Waals surface area contributed by atoms with Gasteiger partial charge in [-0.15, -0.1) is 11.3 Å². The second-order valence-electron chi connectivity index (χ2n) is 7.19. The van der Waals surface area contributed by atoms with Crippen molar-refractivity contribution in [2.45, 2.75) is 25.4 Å². The first kappa shape index (κ1) is 21.9. The van der Waals surface area contributed by atoms with E-state index in [-0.39, 0.29) is 12.6 Å². The van der Waals surface area contributed by atoms with Gasteiger partial charge in [-0.05, 0) is 36.1 Å². The molecule has 3 aromatic rings. The van der Waals surface area contributed by atoms with Crippen LogP contribution in [0.4, 0.5) is 9.80 Å². The number of aliphatic hydroxyl groups is 1. The Hall–Kier alpha value is -2.83. The van der Waals surface area contributed by atoms with Gasteiger partial charge in [-0.1, -0.05) is 60.7 Å². The molecule has 2 amide bonds. The average Bonchev–Trinajstić information content (AvgIpc) is 3.22. The molecule has 2 aromatic carbocycles. The minimum Gasteiger partial charge on any atom is -0.389 e. The van der Waals surface area contributed by atoms with Gasteiger partial charge in [-0.25, -0.2) is 4.79 Å². The van der Waals surface area contributed by atoms with Crippen molar-refractivity contribution >= 4 is 22.4 Å². The monoisotopic (exact) mass is 423 g/mol. The average molecular weight is 424 g/mol. The van der Waals surface area contributed by atoms with Crippen LogP contribution < -0.4 is 16.0 Å². The van der Waals surface area contributed by atoms with Gasteiger partial charge in [0.05, 0.1) is 11.1 Å². The number of aliphatic hydroxyl groups excluding tert-OH is 1. The predicted molar refractivity (Wildman–Crippen MR) is 124 cm³/mol. The van der Waals surface area contributed by atoms with Crippen LogP contribution in [0.1, 0.15) is 22.4 Å². The number of nitrogens with one attached hydrogen (secondary N) is 3. The van der Waals surface area contributed by atoms with Gasteiger partial charge in [0.1, 0.15) is 0 Å². The Balaban J connectivity index is 1.27. The third-order valence-corrected chi connectivity index (χ3v) is 5.71. The summed E-state index contributed by atoms with van der Waals surface area (Å²) in [5.41, 5.74) is 2.55. The van der Waals surface area contributed by atoms with Crippen molar-refractivity contribution in [1.29, 1.82) is 0 Å². The molecule has 3 rings (SSSR count). The van der Waals surface area contributed by atoms with E-state index in [0.717, 1.165) is 24.3 Å². The fourth-order valence-corrected chi connectivity index (χ4v) is 4.02. The SMILES string of the molecule is O=C(NCCCc1ccccc1)NCC(O)CNc1ccc(Cc2ccccc2)s1. The van der Waals surface area contributed by atoms with E-state index in [1.165, 1.54) is 16.0 Å². The second kappa shape index (κ2) is 12.0. The Labute approximate surface area is 182 Å². The molecule has 0 saturated heterocycles. The maximum atomic E-state index is 11.9. The molecule has 0 saturated carbocycles. The zero-order chi connectivity index (χ0) is 21.0. The lowest BCUT2D eigenvalue weighted by molar-refractivity contribution is 0.181. The number of carbonyl (C=O) groups is 1. The highest BCUT2D eigenvalue weighted by atomic mass is 32.1. The quantitative estimate of drug-likeness (QED) is 0.352. The summed E-state index contributed by atoms with van der Waals surface area (Å²) in [7, 11) is 0. The molecular formula is C24H29N3O2S. The molecule has 1 heterocycles. The van der Waals surface area contributed by atoms with Crippen LogP contribution >= 0.6 is 11.3 Å². The summed E-state index contributed by atoms with van der Waals surface area (Å²) in [4.78, 5) is 13.1. The third kappa shape index (κ3) is 7.89. The first-order valence-electron chi connectivity index (χ1n) is 10.3. The molecule has 0 spiro atoms. The van der Waals surface area contributed by atoms with Gasteiger partial charge >= 0.3 is 6.03 Å². The molecule has 4 N–H and O–H groups in total. The van der Waals surface area contributed by atoms with Gasteiger partial charge < -0.3 is 21.1 Å². The highest BCUT2D eigenvalue weighted by molar-refractivity contribution is 7.16. The van der Waals surface area contributed by atoms with E-state index in [4.69, 9.17) is 0 Å². The summed E-state index contributed by atoms with van der Waals surface area (Å²) in [6, 6.07) is 24.4. The van der Waals surface area contributed by atoms with E-state index < -0.39 is 6.10 Å². The van der Waals surface area contributed by atoms with Gasteiger partial charge in [0, 0.05) is 30.9 Å². The van der Waals surface area contributed by atoms with Crippen LogP contribution in [0.3, 0.4) is 0 Å². The lowest BCUT2D eigenvalue weighted by atomic mass is 10.1. The fraction of sp³-hybridized carbons (Fsp3) is 0.292. The summed E-state index contributed by atoms with van der Waals surface area (Å²) < 4.78 is 0. The smallest absolute Gasteiger partial charge is 0.314 e. The Morgan fingerprint density at radius 2 is 1.57 bits per heavy atom. The summed E-state index contributed by atoms with van der Waals surface area (Å²) in [6.45, 7) is 1.20. The van der Waals surface area contributed by atoms with Crippen LogP contribution in [0.5, 0.6) is 0 Å². The summed E-state index contributed by atoms with van der Waals surface area (Å²) in [5.74, 6) is 0. The number of anilines is 1. The highest BCUT2D eigenvalue weighted by Gasteiger charge is 2.08. The number of hydrogen-bond acceptors (Lipinski definition) is 4. The molecule has 30 heavy (non-hydrogen) atoms. The van der Waals surface area contributed by atoms with E-state index >= 15 is 0 Å². The van der Waals surface area contributed by atoms with Crippen molar-refractivity contribution < 1.29 is 9.90 Å². The Morgan fingerprint density at radius 3 is 2.30 bits per heavy atom. The summed E-state index contributed by atoms with van der Waals surface area (Å²) in [5, 5.41) is 19.9. The molecule has 0 fully saturated rings. The second-order valence-corrected chi connectivity index (χ2v) is 8.36. The molecule has 1 unspecified atom stereocenters. The van der Waals surface area contributed by atoms with Crippen LogP contribution in [0, 0.1) is 0 Å². The minimum absolute atomic E-state index is 0.208. The van der Waals surface area contributed by atoms with Crippen LogP contribution in [0.25, 0.3) is 0 Å². The van der Waals surface area contributed by atoms with E-state index in [2.05, 4.69) is 46.3 Å². The lowest BCUT2D eigenvalue weighted by Gasteiger charge is -2.13. The first-order chi connectivity index (χ1) is 14.7. The van der Waals surface area contributed by atoms with Crippen molar-refractivity contribution in [1.82, 2.24) is 10.6 Å². The number of aryl methyl sites for hydroxylation is 1. The van der Waals surface area contributed by atoms with Crippen molar-refractivity contribution in [3.8, 4) is 0 Å². The summed E-state index contributed by atoms with van der Waals surface area (Å²) in [6.07, 6.45) is 2.06. The van der Waals surface area contributed by atoms with E-state index in [0.29, 0.717) is 13.1 Å². The Morgan fingerprint density at radius 1 is 0.867 bits per heavy atom. The molecule has 6 heteroatoms. The molecular weight excluding hydrogens is 394 g/mol. The van der Waals surface area contributed by atoms with Crippen LogP contribution in [-0.4, -0.2) is 36.9 Å². The largest absolute Gasteiger partial charge is 0.389 e. The van der Waals surface area contributed by atoms with Crippen LogP contribution in [0.15, 0.2) is 72.8 Å². The zero-order valence-electron chi connectivity index (χ0n) is 17.0. The molecule has 0 aliphatic heterocycles. The normalized spacial score (nSPS) is 11.6. The van der Waals surface area contributed by atoms with Gasteiger partial charge in [-0.2, -0.15) is 0 Å². The molecule has 158 valence electrons. The number of hydrogen-bond donors (Lipinski definition) is 4. The fourth-order valence-electron chi connectivity index (χ4n) is 3.07. The van der Waals surface area contributed by atoms with E-state index in [1.54, 1.807) is 11.3 Å². The zero-order valence-corrected chi connectivity index (χ0v) is 17.8. The molecule has 1 atom stereocenters. The van der Waals surface area contributed by atoms with Crippen LogP contribution in [0.2, 0.25) is 0 Å². The lowest BCUT2D eigenvalue weighted by Crippen LogP contribution is -2.41. The highest BCUT2D eigenvalue weighted by Crippen LogP contribution is 2.24. The molecule has 1 aromatic heterocycles. The maximum absolute atomic E-state index is 11.9. The number of rotatable bonds is 11. The standard InChI is InChI=1S/C24H29N3O2S/c28-21(18-27-24(29)25-15-7-12-19-8-3-1-4-9-19)17-26-23-14-13-22(30-23)16-20-10-5-2-6-11-20/h1-6,8-11,13-14,21,26,28H,7,12,15-18H2,(H2,25,27,29). The molecule has 0 bridgehead atoms. The number of amides is 2. The van der Waals surface area contributed by atoms with E-state index in [1.807, 2.05) is 42.5 Å². The minimum atomic E-state index is -0.653. The van der Waals surface area contributed by atoms with Crippen LogP contribution in [-0.2, 0) is 12.8 Å². The Kier molecular flexibility index (Phi) is 8.75. The molecule has 0 radical (unpaired) electrons.